The van der Waals surface area contributed by atoms with E-state index in [9.17, 15) is 9.59 Å². The maximum atomic E-state index is 12.4. The molecule has 162 valence electrons. The van der Waals surface area contributed by atoms with Crippen molar-refractivity contribution >= 4 is 81.7 Å². The molecule has 0 saturated heterocycles. The smallest absolute Gasteiger partial charge is 0.248 e. The van der Waals surface area contributed by atoms with Crippen molar-refractivity contribution in [1.82, 2.24) is 0 Å². The zero-order chi connectivity index (χ0) is 23.1. The molecule has 0 saturated carbocycles. The zero-order valence-electron chi connectivity index (χ0n) is 16.4. The molecule has 3 rings (SSSR count). The molecule has 0 bridgehead atoms. The normalized spacial score (nSPS) is 11.1. The number of rotatable bonds is 6. The van der Waals surface area contributed by atoms with Crippen LogP contribution in [-0.4, -0.2) is 11.8 Å². The van der Waals surface area contributed by atoms with Crippen LogP contribution < -0.4 is 10.6 Å². The van der Waals surface area contributed by atoms with Crippen LogP contribution in [0.1, 0.15) is 11.1 Å². The van der Waals surface area contributed by atoms with Crippen molar-refractivity contribution in [3.05, 3.63) is 104 Å². The summed E-state index contributed by atoms with van der Waals surface area (Å²) in [4.78, 5) is 24.7. The molecule has 0 unspecified atom stereocenters. The van der Waals surface area contributed by atoms with E-state index in [4.69, 9.17) is 46.4 Å². The van der Waals surface area contributed by atoms with Gasteiger partial charge in [-0.3, -0.25) is 9.59 Å². The molecule has 0 atom stereocenters. The minimum atomic E-state index is -0.388. The summed E-state index contributed by atoms with van der Waals surface area (Å²) in [6, 6.07) is 16.8. The van der Waals surface area contributed by atoms with Gasteiger partial charge >= 0.3 is 0 Å². The Kier molecular flexibility index (Phi) is 8.37. The van der Waals surface area contributed by atoms with E-state index in [1.807, 2.05) is 0 Å². The van der Waals surface area contributed by atoms with Crippen LogP contribution >= 0.6 is 46.4 Å². The second kappa shape index (κ2) is 11.2. The molecule has 4 nitrogen and oxygen atoms in total. The van der Waals surface area contributed by atoms with Crippen LogP contribution in [0, 0.1) is 0 Å². The highest BCUT2D eigenvalue weighted by atomic mass is 35.5. The number of carbonyl (C=O) groups is 2. The highest BCUT2D eigenvalue weighted by Gasteiger charge is 2.07. The fraction of sp³-hybridized carbons (Fsp3) is 0. The van der Waals surface area contributed by atoms with E-state index < -0.39 is 0 Å². The molecular weight excluding hydrogens is 490 g/mol. The van der Waals surface area contributed by atoms with Gasteiger partial charge in [-0.2, -0.15) is 0 Å². The van der Waals surface area contributed by atoms with Crippen molar-refractivity contribution in [3.63, 3.8) is 0 Å². The third-order valence-corrected chi connectivity index (χ3v) is 5.32. The van der Waals surface area contributed by atoms with E-state index in [1.54, 1.807) is 72.8 Å². The summed E-state index contributed by atoms with van der Waals surface area (Å²) in [7, 11) is 0. The molecule has 3 aromatic rings. The number of hydrogen-bond donors (Lipinski definition) is 2. The number of amides is 2. The van der Waals surface area contributed by atoms with Crippen molar-refractivity contribution < 1.29 is 9.59 Å². The SMILES string of the molecule is O=C(C=Cc1ccc(Cl)cc1Cl)Nc1ccccc1NC(=O)C=Cc1ccc(Cl)cc1Cl. The van der Waals surface area contributed by atoms with E-state index in [-0.39, 0.29) is 11.8 Å². The number of carbonyl (C=O) groups excluding carboxylic acids is 2. The molecule has 2 amide bonds. The van der Waals surface area contributed by atoms with Gasteiger partial charge in [-0.15, -0.1) is 0 Å². The Bertz CT molecular complexity index is 1130. The van der Waals surface area contributed by atoms with Gasteiger partial charge in [0.25, 0.3) is 0 Å². The Morgan fingerprint density at radius 3 is 1.41 bits per heavy atom. The third kappa shape index (κ3) is 6.87. The van der Waals surface area contributed by atoms with Crippen LogP contribution in [0.2, 0.25) is 20.1 Å². The molecular formula is C24H16Cl4N2O2. The average molecular weight is 506 g/mol. The molecule has 0 spiro atoms. The van der Waals surface area contributed by atoms with Crippen LogP contribution in [0.3, 0.4) is 0 Å². The molecule has 0 aliphatic rings. The largest absolute Gasteiger partial charge is 0.321 e. The van der Waals surface area contributed by atoms with Crippen molar-refractivity contribution in [2.24, 2.45) is 0 Å². The van der Waals surface area contributed by atoms with Gasteiger partial charge in [0.2, 0.25) is 11.8 Å². The molecule has 0 aliphatic carbocycles. The minimum absolute atomic E-state index is 0.388. The van der Waals surface area contributed by atoms with Crippen molar-refractivity contribution in [1.29, 1.82) is 0 Å². The quantitative estimate of drug-likeness (QED) is 0.339. The lowest BCUT2D eigenvalue weighted by molar-refractivity contribution is -0.112. The molecule has 0 heterocycles. The van der Waals surface area contributed by atoms with Crippen LogP contribution in [0.15, 0.2) is 72.8 Å². The van der Waals surface area contributed by atoms with E-state index in [1.165, 1.54) is 12.2 Å². The first-order chi connectivity index (χ1) is 15.3. The standard InChI is InChI=1S/C24H16Cl4N2O2/c25-17-9-5-15(19(27)13-17)7-11-23(31)29-21-3-1-2-4-22(21)30-24(32)12-8-16-6-10-18(26)14-20(16)28/h1-14H,(H,29,31)(H,30,32). The molecule has 32 heavy (non-hydrogen) atoms. The Morgan fingerprint density at radius 2 is 1.03 bits per heavy atom. The van der Waals surface area contributed by atoms with Crippen LogP contribution in [0.4, 0.5) is 11.4 Å². The first-order valence-electron chi connectivity index (χ1n) is 9.29. The topological polar surface area (TPSA) is 58.2 Å². The van der Waals surface area contributed by atoms with Crippen molar-refractivity contribution in [3.8, 4) is 0 Å². The molecule has 0 aromatic heterocycles. The maximum absolute atomic E-state index is 12.4. The van der Waals surface area contributed by atoms with E-state index >= 15 is 0 Å². The van der Waals surface area contributed by atoms with Crippen LogP contribution in [0.25, 0.3) is 12.2 Å². The van der Waals surface area contributed by atoms with Gasteiger partial charge in [0.05, 0.1) is 11.4 Å². The van der Waals surface area contributed by atoms with Gasteiger partial charge in [0, 0.05) is 32.2 Å². The Balaban J connectivity index is 1.67. The third-order valence-electron chi connectivity index (χ3n) is 4.20. The molecule has 0 aliphatic heterocycles. The second-order valence-corrected chi connectivity index (χ2v) is 8.21. The number of halogens is 4. The lowest BCUT2D eigenvalue weighted by atomic mass is 10.2. The first-order valence-corrected chi connectivity index (χ1v) is 10.8. The van der Waals surface area contributed by atoms with Gasteiger partial charge in [0.1, 0.15) is 0 Å². The fourth-order valence-corrected chi connectivity index (χ4v) is 3.60. The number of anilines is 2. The maximum Gasteiger partial charge on any atom is 0.248 e. The molecule has 3 aromatic carbocycles. The lowest BCUT2D eigenvalue weighted by Gasteiger charge is -2.10. The Labute approximate surface area is 205 Å². The monoisotopic (exact) mass is 504 g/mol. The highest BCUT2D eigenvalue weighted by molar-refractivity contribution is 6.36. The Hall–Kier alpha value is -2.76. The summed E-state index contributed by atoms with van der Waals surface area (Å²) < 4.78 is 0. The summed E-state index contributed by atoms with van der Waals surface area (Å²) in [5, 5.41) is 7.35. The predicted molar refractivity (Wildman–Crippen MR) is 135 cm³/mol. The highest BCUT2D eigenvalue weighted by Crippen LogP contribution is 2.24. The first kappa shape index (κ1) is 23.9. The van der Waals surface area contributed by atoms with Crippen molar-refractivity contribution in [2.45, 2.75) is 0 Å². The Morgan fingerprint density at radius 1 is 0.625 bits per heavy atom. The second-order valence-electron chi connectivity index (χ2n) is 6.52. The molecule has 2 N–H and O–H groups in total. The molecule has 0 fully saturated rings. The summed E-state index contributed by atoms with van der Waals surface area (Å²) in [5.41, 5.74) is 2.18. The number of benzene rings is 3. The number of hydrogen-bond acceptors (Lipinski definition) is 2. The number of para-hydroxylation sites is 2. The summed E-state index contributed by atoms with van der Waals surface area (Å²) in [6.45, 7) is 0. The van der Waals surface area contributed by atoms with E-state index in [2.05, 4.69) is 10.6 Å². The van der Waals surface area contributed by atoms with Gasteiger partial charge in [0.15, 0.2) is 0 Å². The molecule has 0 radical (unpaired) electrons. The van der Waals surface area contributed by atoms with Gasteiger partial charge in [-0.05, 0) is 59.7 Å². The van der Waals surface area contributed by atoms with Gasteiger partial charge in [-0.1, -0.05) is 70.7 Å². The zero-order valence-corrected chi connectivity index (χ0v) is 19.4. The summed E-state index contributed by atoms with van der Waals surface area (Å²) in [5.74, 6) is -0.776. The van der Waals surface area contributed by atoms with Gasteiger partial charge < -0.3 is 10.6 Å². The van der Waals surface area contributed by atoms with Crippen LogP contribution in [0.5, 0.6) is 0 Å². The van der Waals surface area contributed by atoms with E-state index in [0.29, 0.717) is 42.6 Å². The van der Waals surface area contributed by atoms with Gasteiger partial charge in [-0.25, -0.2) is 0 Å². The van der Waals surface area contributed by atoms with E-state index in [0.717, 1.165) is 0 Å². The summed E-state index contributed by atoms with van der Waals surface area (Å²) in [6.07, 6.45) is 5.84. The lowest BCUT2D eigenvalue weighted by Crippen LogP contribution is -2.13. The van der Waals surface area contributed by atoms with Crippen molar-refractivity contribution in [2.75, 3.05) is 10.6 Å². The average Bonchev–Trinajstić information content (AvgIpc) is 2.74. The fourth-order valence-electron chi connectivity index (χ4n) is 2.65. The summed E-state index contributed by atoms with van der Waals surface area (Å²) >= 11 is 24.0. The molecule has 8 heteroatoms. The predicted octanol–water partition coefficient (Wildman–Crippen LogP) is 7.60. The number of nitrogens with one attached hydrogen (secondary N) is 2. The van der Waals surface area contributed by atoms with Crippen LogP contribution in [-0.2, 0) is 9.59 Å². The minimum Gasteiger partial charge on any atom is -0.321 e.